The summed E-state index contributed by atoms with van der Waals surface area (Å²) in [7, 11) is 0. The first-order valence-corrected chi connectivity index (χ1v) is 7.71. The van der Waals surface area contributed by atoms with Gasteiger partial charge in [-0.15, -0.1) is 0 Å². The topological polar surface area (TPSA) is 35.2 Å². The Morgan fingerprint density at radius 1 is 1.40 bits per heavy atom. The smallest absolute Gasteiger partial charge is 0.142 e. The monoisotopic (exact) mass is 319 g/mol. The standard InChI is InChI=1S/C15H20Cl2FNO/c1-15(19,6-2-4-10-5-3-7-20-10)11-8-14(18)13(17)9-12(11)16/h8-10H,2-7,19H2,1H3. The molecule has 1 heterocycles. The molecule has 1 saturated heterocycles. The Kier molecular flexibility index (Phi) is 5.30. The third-order valence-electron chi connectivity index (χ3n) is 3.87. The Labute approximate surface area is 129 Å². The maximum atomic E-state index is 13.6. The molecule has 0 amide bonds. The van der Waals surface area contributed by atoms with E-state index >= 15 is 0 Å². The summed E-state index contributed by atoms with van der Waals surface area (Å²) < 4.78 is 19.2. The van der Waals surface area contributed by atoms with Crippen molar-refractivity contribution in [3.05, 3.63) is 33.6 Å². The molecule has 2 unspecified atom stereocenters. The zero-order chi connectivity index (χ0) is 14.8. The molecule has 0 radical (unpaired) electrons. The van der Waals surface area contributed by atoms with E-state index in [0.29, 0.717) is 16.7 Å². The normalized spacial score (nSPS) is 21.9. The number of nitrogens with two attached hydrogens (primary N) is 1. The van der Waals surface area contributed by atoms with E-state index in [1.54, 1.807) is 0 Å². The van der Waals surface area contributed by atoms with Crippen LogP contribution in [0.3, 0.4) is 0 Å². The van der Waals surface area contributed by atoms with Gasteiger partial charge in [-0.2, -0.15) is 0 Å². The van der Waals surface area contributed by atoms with Gasteiger partial charge in [0.1, 0.15) is 5.82 Å². The van der Waals surface area contributed by atoms with Crippen LogP contribution in [0.2, 0.25) is 10.0 Å². The van der Waals surface area contributed by atoms with Crippen LogP contribution in [0.15, 0.2) is 12.1 Å². The van der Waals surface area contributed by atoms with E-state index in [1.165, 1.54) is 12.1 Å². The fourth-order valence-electron chi connectivity index (χ4n) is 2.66. The van der Waals surface area contributed by atoms with Crippen LogP contribution in [0.25, 0.3) is 0 Å². The Morgan fingerprint density at radius 3 is 2.80 bits per heavy atom. The van der Waals surface area contributed by atoms with Crippen LogP contribution in [0, 0.1) is 5.82 Å². The molecule has 0 bridgehead atoms. The lowest BCUT2D eigenvalue weighted by atomic mass is 9.87. The van der Waals surface area contributed by atoms with E-state index in [9.17, 15) is 4.39 Å². The van der Waals surface area contributed by atoms with Crippen LogP contribution in [0.5, 0.6) is 0 Å². The molecule has 2 nitrogen and oxygen atoms in total. The lowest BCUT2D eigenvalue weighted by molar-refractivity contribution is 0.100. The average molecular weight is 320 g/mol. The van der Waals surface area contributed by atoms with Gasteiger partial charge in [0, 0.05) is 17.2 Å². The molecule has 2 N–H and O–H groups in total. The molecule has 0 saturated carbocycles. The van der Waals surface area contributed by atoms with Gasteiger partial charge < -0.3 is 10.5 Å². The van der Waals surface area contributed by atoms with Gasteiger partial charge in [0.25, 0.3) is 0 Å². The average Bonchev–Trinajstić information content (AvgIpc) is 2.86. The predicted octanol–water partition coefficient (Wildman–Crippen LogP) is 4.66. The van der Waals surface area contributed by atoms with E-state index in [4.69, 9.17) is 33.7 Å². The molecule has 1 aromatic rings. The summed E-state index contributed by atoms with van der Waals surface area (Å²) in [6.07, 6.45) is 5.26. The van der Waals surface area contributed by atoms with Crippen LogP contribution >= 0.6 is 23.2 Å². The highest BCUT2D eigenvalue weighted by Gasteiger charge is 2.26. The van der Waals surface area contributed by atoms with E-state index < -0.39 is 11.4 Å². The molecule has 1 aliphatic heterocycles. The number of ether oxygens (including phenoxy) is 1. The summed E-state index contributed by atoms with van der Waals surface area (Å²) in [5.41, 5.74) is 6.25. The highest BCUT2D eigenvalue weighted by Crippen LogP contribution is 2.34. The molecule has 1 fully saturated rings. The van der Waals surface area contributed by atoms with Gasteiger partial charge >= 0.3 is 0 Å². The minimum atomic E-state index is -0.666. The van der Waals surface area contributed by atoms with E-state index in [1.807, 2.05) is 6.92 Å². The number of rotatable bonds is 5. The summed E-state index contributed by atoms with van der Waals surface area (Å²) in [6, 6.07) is 2.76. The lowest BCUT2D eigenvalue weighted by Gasteiger charge is -2.27. The Hall–Kier alpha value is -0.350. The quantitative estimate of drug-likeness (QED) is 0.801. The van der Waals surface area contributed by atoms with Crippen LogP contribution < -0.4 is 5.73 Å². The molecule has 2 atom stereocenters. The molecule has 0 aliphatic carbocycles. The number of hydrogen-bond acceptors (Lipinski definition) is 2. The minimum absolute atomic E-state index is 0.0221. The third-order valence-corrected chi connectivity index (χ3v) is 4.47. The second-order valence-corrected chi connectivity index (χ2v) is 6.51. The third kappa shape index (κ3) is 3.85. The summed E-state index contributed by atoms with van der Waals surface area (Å²) >= 11 is 11.8. The van der Waals surface area contributed by atoms with E-state index in [-0.39, 0.29) is 5.02 Å². The van der Waals surface area contributed by atoms with Crippen molar-refractivity contribution in [2.24, 2.45) is 5.73 Å². The highest BCUT2D eigenvalue weighted by atomic mass is 35.5. The molecule has 112 valence electrons. The summed E-state index contributed by atoms with van der Waals surface area (Å²) in [4.78, 5) is 0. The van der Waals surface area contributed by atoms with E-state index in [2.05, 4.69) is 0 Å². The summed E-state index contributed by atoms with van der Waals surface area (Å²) in [5.74, 6) is -0.484. The van der Waals surface area contributed by atoms with Gasteiger partial charge in [-0.05, 0) is 56.7 Å². The van der Waals surface area contributed by atoms with E-state index in [0.717, 1.165) is 38.7 Å². The number of hydrogen-bond donors (Lipinski definition) is 1. The Bertz CT molecular complexity index is 473. The second kappa shape index (κ2) is 6.61. The molecule has 0 aromatic heterocycles. The molecular weight excluding hydrogens is 300 g/mol. The van der Waals surface area contributed by atoms with Crippen molar-refractivity contribution in [2.45, 2.75) is 50.7 Å². The van der Waals surface area contributed by atoms with Gasteiger partial charge in [0.05, 0.1) is 11.1 Å². The highest BCUT2D eigenvalue weighted by molar-refractivity contribution is 6.35. The number of benzene rings is 1. The van der Waals surface area contributed by atoms with Gasteiger partial charge in [-0.1, -0.05) is 23.2 Å². The Morgan fingerprint density at radius 2 is 2.15 bits per heavy atom. The van der Waals surface area contributed by atoms with Crippen molar-refractivity contribution in [3.8, 4) is 0 Å². The van der Waals surface area contributed by atoms with Crippen molar-refractivity contribution in [3.63, 3.8) is 0 Å². The molecule has 0 spiro atoms. The fourth-order valence-corrected chi connectivity index (χ4v) is 3.26. The summed E-state index contributed by atoms with van der Waals surface area (Å²) in [6.45, 7) is 2.73. The first kappa shape index (κ1) is 16.0. The first-order chi connectivity index (χ1) is 9.40. The molecule has 1 aromatic carbocycles. The van der Waals surface area contributed by atoms with Gasteiger partial charge in [0.2, 0.25) is 0 Å². The molecule has 1 aliphatic rings. The molecule has 20 heavy (non-hydrogen) atoms. The predicted molar refractivity (Wildman–Crippen MR) is 80.8 cm³/mol. The first-order valence-electron chi connectivity index (χ1n) is 6.95. The van der Waals surface area contributed by atoms with Crippen molar-refractivity contribution >= 4 is 23.2 Å². The van der Waals surface area contributed by atoms with Crippen LogP contribution in [-0.4, -0.2) is 12.7 Å². The van der Waals surface area contributed by atoms with Gasteiger partial charge in [-0.25, -0.2) is 4.39 Å². The zero-order valence-electron chi connectivity index (χ0n) is 11.6. The van der Waals surface area contributed by atoms with Gasteiger partial charge in [-0.3, -0.25) is 0 Å². The molecule has 2 rings (SSSR count). The Balaban J connectivity index is 1.99. The zero-order valence-corrected chi connectivity index (χ0v) is 13.1. The van der Waals surface area contributed by atoms with Crippen molar-refractivity contribution in [1.82, 2.24) is 0 Å². The van der Waals surface area contributed by atoms with Crippen molar-refractivity contribution in [2.75, 3.05) is 6.61 Å². The second-order valence-electron chi connectivity index (χ2n) is 5.69. The van der Waals surface area contributed by atoms with Crippen LogP contribution in [0.4, 0.5) is 4.39 Å². The van der Waals surface area contributed by atoms with Gasteiger partial charge in [0.15, 0.2) is 0 Å². The maximum Gasteiger partial charge on any atom is 0.142 e. The largest absolute Gasteiger partial charge is 0.378 e. The van der Waals surface area contributed by atoms with Crippen molar-refractivity contribution < 1.29 is 9.13 Å². The van der Waals surface area contributed by atoms with Crippen LogP contribution in [-0.2, 0) is 10.3 Å². The maximum absolute atomic E-state index is 13.6. The minimum Gasteiger partial charge on any atom is -0.378 e. The van der Waals surface area contributed by atoms with Crippen LogP contribution in [0.1, 0.15) is 44.6 Å². The fraction of sp³-hybridized carbons (Fsp3) is 0.600. The molecule has 5 heteroatoms. The SMILES string of the molecule is CC(N)(CCCC1CCCO1)c1cc(F)c(Cl)cc1Cl. The molecular formula is C15H20Cl2FNO. The number of halogens is 3. The summed E-state index contributed by atoms with van der Waals surface area (Å²) in [5, 5.41) is 0.437. The lowest BCUT2D eigenvalue weighted by Crippen LogP contribution is -2.33. The van der Waals surface area contributed by atoms with Crippen molar-refractivity contribution in [1.29, 1.82) is 0 Å².